The van der Waals surface area contributed by atoms with E-state index in [1.165, 1.54) is 89.9 Å². The van der Waals surface area contributed by atoms with Crippen LogP contribution < -0.4 is 5.32 Å². The van der Waals surface area contributed by atoms with Gasteiger partial charge in [0.2, 0.25) is 5.91 Å². The van der Waals surface area contributed by atoms with Crippen LogP contribution in [-0.4, -0.2) is 95.4 Å². The van der Waals surface area contributed by atoms with E-state index in [2.05, 4.69) is 23.3 Å². The number of amides is 1. The summed E-state index contributed by atoms with van der Waals surface area (Å²) in [7, 11) is -5.07. The lowest BCUT2D eigenvalue weighted by atomic mass is 9.99. The van der Waals surface area contributed by atoms with Crippen molar-refractivity contribution in [1.82, 2.24) is 5.32 Å². The summed E-state index contributed by atoms with van der Waals surface area (Å²) in [6.07, 6.45) is 18.4. The number of carbonyl (C=O) groups is 1. The number of hydrogen-bond donors (Lipinski definition) is 6. The Bertz CT molecular complexity index is 951. The van der Waals surface area contributed by atoms with Gasteiger partial charge in [-0.3, -0.25) is 9.35 Å². The first-order valence-electron chi connectivity index (χ1n) is 19.1. The van der Waals surface area contributed by atoms with Gasteiger partial charge in [-0.25, -0.2) is 4.18 Å². The van der Waals surface area contributed by atoms with Crippen LogP contribution in [0.2, 0.25) is 0 Å². The normalized spacial score (nSPS) is 22.8. The first-order chi connectivity index (χ1) is 23.5. The van der Waals surface area contributed by atoms with Crippen molar-refractivity contribution in [2.24, 2.45) is 0 Å². The van der Waals surface area contributed by atoms with Crippen LogP contribution in [0, 0.1) is 0 Å². The highest BCUT2D eigenvalue weighted by atomic mass is 32.3. The molecule has 0 aliphatic carbocycles. The minimum atomic E-state index is -5.07. The molecule has 0 aromatic heterocycles. The molecule has 0 aromatic carbocycles. The van der Waals surface area contributed by atoms with Crippen LogP contribution >= 0.6 is 0 Å². The Balaban J connectivity index is 2.65. The van der Waals surface area contributed by atoms with Crippen LogP contribution in [0.1, 0.15) is 155 Å². The second-order valence-electron chi connectivity index (χ2n) is 13.5. The van der Waals surface area contributed by atoms with Crippen LogP contribution in [-0.2, 0) is 28.9 Å². The molecule has 0 spiro atoms. The molecule has 7 unspecified atom stereocenters. The highest BCUT2D eigenvalue weighted by molar-refractivity contribution is 7.80. The molecule has 1 aliphatic rings. The van der Waals surface area contributed by atoms with Gasteiger partial charge in [-0.2, -0.15) is 8.42 Å². The quantitative estimate of drug-likeness (QED) is 0.0294. The van der Waals surface area contributed by atoms with Crippen LogP contribution in [0.25, 0.3) is 0 Å². The number of hydrogen-bond acceptors (Lipinski definition) is 10. The Morgan fingerprint density at radius 3 is 1.78 bits per heavy atom. The Hall–Kier alpha value is -1.16. The van der Waals surface area contributed by atoms with Crippen LogP contribution in [0.4, 0.5) is 0 Å². The van der Waals surface area contributed by atoms with Crippen molar-refractivity contribution >= 4 is 16.3 Å². The lowest BCUT2D eigenvalue weighted by molar-refractivity contribution is -0.298. The summed E-state index contributed by atoms with van der Waals surface area (Å²) in [6, 6.07) is -0.934. The number of nitrogens with one attached hydrogen (secondary N) is 1. The molecular weight excluding hydrogens is 654 g/mol. The number of allylic oxidation sites excluding steroid dienone is 1. The SMILES string of the molecule is CCCCCCCCCC/C=C/C(O)C(COC1OC(CO)C(O)C(OS(=O)(=O)O)C1O)NC(=O)CCCCCCCCCCCCCC. The summed E-state index contributed by atoms with van der Waals surface area (Å²) in [6.45, 7) is 3.32. The monoisotopic (exact) mass is 723 g/mol. The largest absolute Gasteiger partial charge is 0.397 e. The van der Waals surface area contributed by atoms with Crippen molar-refractivity contribution in [3.8, 4) is 0 Å². The number of aliphatic hydroxyl groups is 4. The smallest absolute Gasteiger partial charge is 0.394 e. The number of ether oxygens (including phenoxy) is 2. The molecule has 0 bridgehead atoms. The minimum absolute atomic E-state index is 0.266. The molecule has 0 radical (unpaired) electrons. The highest BCUT2D eigenvalue weighted by Crippen LogP contribution is 2.26. The fraction of sp³-hybridized carbons (Fsp3) is 0.917. The Morgan fingerprint density at radius 2 is 1.29 bits per heavy atom. The molecule has 1 heterocycles. The van der Waals surface area contributed by atoms with E-state index in [1.807, 2.05) is 6.08 Å². The van der Waals surface area contributed by atoms with Gasteiger partial charge in [0.25, 0.3) is 0 Å². The molecule has 1 amide bonds. The van der Waals surface area contributed by atoms with E-state index in [0.29, 0.717) is 6.42 Å². The molecule has 7 atom stereocenters. The predicted octanol–water partition coefficient (Wildman–Crippen LogP) is 5.65. The third kappa shape index (κ3) is 22.4. The molecule has 1 saturated heterocycles. The first kappa shape index (κ1) is 45.9. The molecule has 12 nitrogen and oxygen atoms in total. The van der Waals surface area contributed by atoms with E-state index in [9.17, 15) is 33.6 Å². The van der Waals surface area contributed by atoms with Crippen molar-refractivity contribution in [2.45, 2.75) is 198 Å². The molecule has 0 aromatic rings. The van der Waals surface area contributed by atoms with Crippen LogP contribution in [0.3, 0.4) is 0 Å². The fourth-order valence-corrected chi connectivity index (χ4v) is 6.55. The van der Waals surface area contributed by atoms with Crippen molar-refractivity contribution in [3.63, 3.8) is 0 Å². The van der Waals surface area contributed by atoms with Crippen LogP contribution in [0.5, 0.6) is 0 Å². The first-order valence-corrected chi connectivity index (χ1v) is 20.4. The summed E-state index contributed by atoms with van der Waals surface area (Å²) in [4.78, 5) is 12.9. The van der Waals surface area contributed by atoms with Gasteiger partial charge in [0.15, 0.2) is 6.29 Å². The Morgan fingerprint density at radius 1 is 0.796 bits per heavy atom. The predicted molar refractivity (Wildman–Crippen MR) is 190 cm³/mol. The molecule has 290 valence electrons. The molecule has 49 heavy (non-hydrogen) atoms. The maximum Gasteiger partial charge on any atom is 0.397 e. The zero-order valence-electron chi connectivity index (χ0n) is 30.3. The topological polar surface area (TPSA) is 192 Å². The summed E-state index contributed by atoms with van der Waals surface area (Å²) in [5, 5.41) is 44.3. The van der Waals surface area contributed by atoms with E-state index in [1.54, 1.807) is 6.08 Å². The lowest BCUT2D eigenvalue weighted by Crippen LogP contribution is -2.61. The van der Waals surface area contributed by atoms with Gasteiger partial charge in [-0.15, -0.1) is 0 Å². The Kier molecular flexibility index (Phi) is 26.6. The summed E-state index contributed by atoms with van der Waals surface area (Å²) in [5.41, 5.74) is 0. The van der Waals surface area contributed by atoms with E-state index >= 15 is 0 Å². The standard InChI is InChI=1S/C36H69NO11S/c1-3-5-7-9-11-13-15-16-18-20-22-24-26-32(40)37-29(30(39)25-23-21-19-17-14-12-10-8-6-4-2)28-46-36-34(42)35(48-49(43,44)45)33(41)31(27-38)47-36/h23,25,29-31,33-36,38-39,41-42H,3-22,24,26-28H2,1-2H3,(H,37,40)(H,43,44,45)/b25-23+. The third-order valence-corrected chi connectivity index (χ3v) is 9.53. The highest BCUT2D eigenvalue weighted by Gasteiger charge is 2.48. The van der Waals surface area contributed by atoms with Crippen molar-refractivity contribution in [1.29, 1.82) is 0 Å². The van der Waals surface area contributed by atoms with Gasteiger partial charge in [0.05, 0.1) is 25.4 Å². The molecule has 1 fully saturated rings. The zero-order chi connectivity index (χ0) is 36.3. The molecule has 13 heteroatoms. The molecule has 1 aliphatic heterocycles. The molecule has 0 saturated carbocycles. The van der Waals surface area contributed by atoms with Crippen molar-refractivity contribution in [2.75, 3.05) is 13.2 Å². The zero-order valence-corrected chi connectivity index (χ0v) is 31.1. The Labute approximate surface area is 296 Å². The maximum absolute atomic E-state index is 12.9. The minimum Gasteiger partial charge on any atom is -0.394 e. The van der Waals surface area contributed by atoms with Gasteiger partial charge >= 0.3 is 10.4 Å². The van der Waals surface area contributed by atoms with Gasteiger partial charge in [0, 0.05) is 6.42 Å². The van der Waals surface area contributed by atoms with Gasteiger partial charge in [-0.05, 0) is 19.3 Å². The second kappa shape index (κ2) is 28.4. The molecule has 6 N–H and O–H groups in total. The average Bonchev–Trinajstić information content (AvgIpc) is 3.06. The van der Waals surface area contributed by atoms with Gasteiger partial charge < -0.3 is 35.2 Å². The maximum atomic E-state index is 12.9. The fourth-order valence-electron chi connectivity index (χ4n) is 6.04. The summed E-state index contributed by atoms with van der Waals surface area (Å²) in [5.74, 6) is -0.266. The lowest BCUT2D eigenvalue weighted by Gasteiger charge is -2.41. The average molecular weight is 724 g/mol. The van der Waals surface area contributed by atoms with E-state index < -0.39 is 59.9 Å². The van der Waals surface area contributed by atoms with Crippen molar-refractivity contribution in [3.05, 3.63) is 12.2 Å². The van der Waals surface area contributed by atoms with E-state index in [0.717, 1.165) is 38.5 Å². The summed E-state index contributed by atoms with van der Waals surface area (Å²) >= 11 is 0. The number of carbonyl (C=O) groups excluding carboxylic acids is 1. The van der Waals surface area contributed by atoms with Crippen LogP contribution in [0.15, 0.2) is 12.2 Å². The van der Waals surface area contributed by atoms with Crippen molar-refractivity contribution < 1.29 is 51.8 Å². The van der Waals surface area contributed by atoms with Gasteiger partial charge in [0.1, 0.15) is 24.4 Å². The third-order valence-electron chi connectivity index (χ3n) is 9.07. The van der Waals surface area contributed by atoms with E-state index in [4.69, 9.17) is 14.0 Å². The number of unbranched alkanes of at least 4 members (excludes halogenated alkanes) is 19. The van der Waals surface area contributed by atoms with Gasteiger partial charge in [-0.1, -0.05) is 142 Å². The number of rotatable bonds is 31. The second-order valence-corrected chi connectivity index (χ2v) is 14.6. The summed E-state index contributed by atoms with van der Waals surface area (Å²) < 4.78 is 47.3. The number of aliphatic hydroxyl groups excluding tert-OH is 4. The van der Waals surface area contributed by atoms with E-state index in [-0.39, 0.29) is 18.9 Å². The molecule has 1 rings (SSSR count). The molecular formula is C36H69NO11S.